The molecule has 0 aromatic carbocycles. The number of aliphatic hydroxyl groups excluding tert-OH is 1. The van der Waals surface area contributed by atoms with E-state index in [1.165, 1.54) is 0 Å². The number of esters is 1. The molecule has 0 aliphatic carbocycles. The lowest BCUT2D eigenvalue weighted by Crippen LogP contribution is -2.47. The van der Waals surface area contributed by atoms with E-state index in [9.17, 15) is 4.79 Å². The number of aliphatic hydroxyl groups is 1. The Morgan fingerprint density at radius 1 is 1.31 bits per heavy atom. The summed E-state index contributed by atoms with van der Waals surface area (Å²) in [7, 11) is 0. The Kier molecular flexibility index (Phi) is 8.21. The lowest BCUT2D eigenvalue weighted by atomic mass is 10.1. The highest BCUT2D eigenvalue weighted by molar-refractivity contribution is 5.75. The quantitative estimate of drug-likeness (QED) is 0.642. The first-order valence-corrected chi connectivity index (χ1v) is 6.15. The Labute approximate surface area is 98.6 Å². The van der Waals surface area contributed by atoms with Crippen LogP contribution in [0.4, 0.5) is 0 Å². The summed E-state index contributed by atoms with van der Waals surface area (Å²) in [5.74, 6) is -0.206. The van der Waals surface area contributed by atoms with E-state index < -0.39 is 0 Å². The molecule has 4 nitrogen and oxygen atoms in total. The number of carbonyl (C=O) groups is 1. The minimum Gasteiger partial charge on any atom is -0.465 e. The molecule has 96 valence electrons. The van der Waals surface area contributed by atoms with Crippen molar-refractivity contribution >= 4 is 5.97 Å². The second-order valence-electron chi connectivity index (χ2n) is 3.86. The van der Waals surface area contributed by atoms with Crippen LogP contribution in [-0.4, -0.2) is 47.8 Å². The molecule has 0 aromatic rings. The Morgan fingerprint density at radius 2 is 1.88 bits per heavy atom. The van der Waals surface area contributed by atoms with E-state index >= 15 is 0 Å². The fraction of sp³-hybridized carbons (Fsp3) is 0.917. The van der Waals surface area contributed by atoms with Crippen LogP contribution in [0.3, 0.4) is 0 Å². The highest BCUT2D eigenvalue weighted by atomic mass is 16.5. The molecule has 4 heteroatoms. The molecular formula is C12H25NO3. The van der Waals surface area contributed by atoms with Crippen molar-refractivity contribution in [3.63, 3.8) is 0 Å². The van der Waals surface area contributed by atoms with Gasteiger partial charge in [0.2, 0.25) is 0 Å². The van der Waals surface area contributed by atoms with E-state index in [0.29, 0.717) is 19.2 Å². The van der Waals surface area contributed by atoms with Crippen molar-refractivity contribution in [1.29, 1.82) is 0 Å². The molecule has 0 fully saturated rings. The first kappa shape index (κ1) is 15.4. The minimum absolute atomic E-state index is 0.0697. The van der Waals surface area contributed by atoms with Gasteiger partial charge in [-0.05, 0) is 26.7 Å². The molecule has 1 N–H and O–H groups in total. The van der Waals surface area contributed by atoms with E-state index in [1.54, 1.807) is 6.92 Å². The maximum Gasteiger partial charge on any atom is 0.323 e. The van der Waals surface area contributed by atoms with Crippen molar-refractivity contribution in [2.75, 3.05) is 19.8 Å². The average molecular weight is 231 g/mol. The number of hydrogen-bond donors (Lipinski definition) is 1. The number of nitrogens with zero attached hydrogens (tertiary/aromatic N) is 1. The van der Waals surface area contributed by atoms with Crippen LogP contribution < -0.4 is 0 Å². The topological polar surface area (TPSA) is 49.8 Å². The molecule has 0 rings (SSSR count). The molecule has 0 aliphatic heterocycles. The van der Waals surface area contributed by atoms with Gasteiger partial charge in [0.15, 0.2) is 0 Å². The molecule has 0 aromatic heterocycles. The second kappa shape index (κ2) is 8.53. The number of rotatable bonds is 8. The molecule has 1 unspecified atom stereocenters. The molecule has 0 saturated heterocycles. The summed E-state index contributed by atoms with van der Waals surface area (Å²) in [5, 5.41) is 9.04. The van der Waals surface area contributed by atoms with Crippen LogP contribution in [-0.2, 0) is 9.53 Å². The van der Waals surface area contributed by atoms with Crippen molar-refractivity contribution in [3.8, 4) is 0 Å². The molecule has 0 bridgehead atoms. The number of ether oxygens (including phenoxy) is 1. The van der Waals surface area contributed by atoms with Gasteiger partial charge in [-0.15, -0.1) is 0 Å². The molecule has 0 saturated carbocycles. The van der Waals surface area contributed by atoms with Gasteiger partial charge in [0, 0.05) is 12.6 Å². The van der Waals surface area contributed by atoms with Crippen LogP contribution >= 0.6 is 0 Å². The van der Waals surface area contributed by atoms with E-state index in [1.807, 2.05) is 11.8 Å². The molecule has 0 amide bonds. The van der Waals surface area contributed by atoms with Gasteiger partial charge >= 0.3 is 5.97 Å². The summed E-state index contributed by atoms with van der Waals surface area (Å²) in [4.78, 5) is 13.7. The first-order valence-electron chi connectivity index (χ1n) is 6.15. The van der Waals surface area contributed by atoms with E-state index in [4.69, 9.17) is 9.84 Å². The van der Waals surface area contributed by atoms with Crippen molar-refractivity contribution in [2.24, 2.45) is 0 Å². The molecule has 0 heterocycles. The predicted octanol–water partition coefficient (Wildman–Crippen LogP) is 1.42. The van der Waals surface area contributed by atoms with Crippen molar-refractivity contribution < 1.29 is 14.6 Å². The van der Waals surface area contributed by atoms with Gasteiger partial charge in [0.05, 0.1) is 13.2 Å². The van der Waals surface area contributed by atoms with Gasteiger partial charge in [-0.2, -0.15) is 0 Å². The highest BCUT2D eigenvalue weighted by Crippen LogP contribution is 2.13. The fourth-order valence-electron chi connectivity index (χ4n) is 1.96. The summed E-state index contributed by atoms with van der Waals surface area (Å²) >= 11 is 0. The van der Waals surface area contributed by atoms with Crippen LogP contribution in [0, 0.1) is 0 Å². The van der Waals surface area contributed by atoms with Crippen LogP contribution in [0.5, 0.6) is 0 Å². The highest BCUT2D eigenvalue weighted by Gasteiger charge is 2.26. The summed E-state index contributed by atoms with van der Waals surface area (Å²) in [6.07, 6.45) is 1.94. The molecule has 0 radical (unpaired) electrons. The Balaban J connectivity index is 4.55. The Morgan fingerprint density at radius 3 is 2.25 bits per heavy atom. The van der Waals surface area contributed by atoms with Crippen LogP contribution in [0.1, 0.15) is 40.5 Å². The number of carbonyl (C=O) groups excluding carboxylic acids is 1. The smallest absolute Gasteiger partial charge is 0.323 e. The summed E-state index contributed by atoms with van der Waals surface area (Å²) in [5.41, 5.74) is 0. The minimum atomic E-state index is -0.281. The largest absolute Gasteiger partial charge is 0.465 e. The van der Waals surface area contributed by atoms with E-state index in [0.717, 1.165) is 12.8 Å². The average Bonchev–Trinajstić information content (AvgIpc) is 2.29. The zero-order chi connectivity index (χ0) is 12.6. The normalized spacial score (nSPS) is 13.2. The number of hydrogen-bond acceptors (Lipinski definition) is 4. The van der Waals surface area contributed by atoms with Gasteiger partial charge in [-0.1, -0.05) is 13.8 Å². The van der Waals surface area contributed by atoms with Crippen molar-refractivity contribution in [1.82, 2.24) is 4.90 Å². The summed E-state index contributed by atoms with van der Waals surface area (Å²) in [6.45, 7) is 8.82. The van der Waals surface area contributed by atoms with Gasteiger partial charge in [-0.3, -0.25) is 9.69 Å². The summed E-state index contributed by atoms with van der Waals surface area (Å²) < 4.78 is 5.01. The van der Waals surface area contributed by atoms with Crippen LogP contribution in [0.2, 0.25) is 0 Å². The second-order valence-corrected chi connectivity index (χ2v) is 3.86. The summed E-state index contributed by atoms with van der Waals surface area (Å²) in [6, 6.07) is 0.0450. The Hall–Kier alpha value is -0.610. The fourth-order valence-corrected chi connectivity index (χ4v) is 1.96. The molecule has 16 heavy (non-hydrogen) atoms. The van der Waals surface area contributed by atoms with Gasteiger partial charge in [-0.25, -0.2) is 0 Å². The zero-order valence-electron chi connectivity index (χ0n) is 10.9. The standard InChI is InChI=1S/C12H25NO3/c1-5-11(6-2)13(8-9-14)10(4)12(15)16-7-3/h10-11,14H,5-9H2,1-4H3. The predicted molar refractivity (Wildman–Crippen MR) is 64.3 cm³/mol. The van der Waals surface area contributed by atoms with Crippen molar-refractivity contribution in [3.05, 3.63) is 0 Å². The lowest BCUT2D eigenvalue weighted by Gasteiger charge is -2.33. The van der Waals surface area contributed by atoms with Crippen molar-refractivity contribution in [2.45, 2.75) is 52.6 Å². The molecule has 0 aliphatic rings. The molecule has 1 atom stereocenters. The maximum atomic E-state index is 11.7. The van der Waals surface area contributed by atoms with Gasteiger partial charge in [0.1, 0.15) is 6.04 Å². The monoisotopic (exact) mass is 231 g/mol. The lowest BCUT2D eigenvalue weighted by molar-refractivity contribution is -0.150. The maximum absolute atomic E-state index is 11.7. The third-order valence-corrected chi connectivity index (χ3v) is 2.89. The molecule has 0 spiro atoms. The molecular weight excluding hydrogens is 206 g/mol. The third kappa shape index (κ3) is 4.49. The van der Waals surface area contributed by atoms with Crippen LogP contribution in [0.25, 0.3) is 0 Å². The van der Waals surface area contributed by atoms with Gasteiger partial charge < -0.3 is 9.84 Å². The Bertz CT molecular complexity index is 193. The third-order valence-electron chi connectivity index (χ3n) is 2.89. The van der Waals surface area contributed by atoms with E-state index in [-0.39, 0.29) is 18.6 Å². The SMILES string of the molecule is CCOC(=O)C(C)N(CCO)C(CC)CC. The van der Waals surface area contributed by atoms with Crippen LogP contribution in [0.15, 0.2) is 0 Å². The van der Waals surface area contributed by atoms with E-state index in [2.05, 4.69) is 13.8 Å². The zero-order valence-corrected chi connectivity index (χ0v) is 10.9. The first-order chi connectivity index (χ1) is 7.62. The van der Waals surface area contributed by atoms with Gasteiger partial charge in [0.25, 0.3) is 0 Å².